The third-order valence-electron chi connectivity index (χ3n) is 3.11. The summed E-state index contributed by atoms with van der Waals surface area (Å²) in [5, 5.41) is 0. The fourth-order valence-corrected chi connectivity index (χ4v) is 2.26. The summed E-state index contributed by atoms with van der Waals surface area (Å²) >= 11 is 0. The van der Waals surface area contributed by atoms with Gasteiger partial charge in [-0.1, -0.05) is 0 Å². The van der Waals surface area contributed by atoms with Crippen LogP contribution in [0.1, 0.15) is 26.1 Å². The summed E-state index contributed by atoms with van der Waals surface area (Å²) in [6.45, 7) is 7.44. The molecule has 0 bridgehead atoms. The van der Waals surface area contributed by atoms with Gasteiger partial charge in [-0.2, -0.15) is 0 Å². The molecule has 2 N–H and O–H groups in total. The van der Waals surface area contributed by atoms with Gasteiger partial charge < -0.3 is 10.3 Å². The van der Waals surface area contributed by atoms with Crippen molar-refractivity contribution in [2.75, 3.05) is 6.54 Å². The minimum atomic E-state index is 0.279. The predicted molar refractivity (Wildman–Crippen MR) is 60.4 cm³/mol. The third-order valence-corrected chi connectivity index (χ3v) is 3.11. The van der Waals surface area contributed by atoms with Gasteiger partial charge in [-0.05, 0) is 20.3 Å². The van der Waals surface area contributed by atoms with Crippen molar-refractivity contribution in [3.05, 3.63) is 18.2 Å². The average Bonchev–Trinajstić information content (AvgIpc) is 2.62. The Labute approximate surface area is 91.1 Å². The molecule has 2 rings (SSSR count). The van der Waals surface area contributed by atoms with Crippen molar-refractivity contribution < 1.29 is 0 Å². The van der Waals surface area contributed by atoms with Crippen molar-refractivity contribution >= 4 is 0 Å². The van der Waals surface area contributed by atoms with E-state index in [9.17, 15) is 0 Å². The molecule has 4 nitrogen and oxygen atoms in total. The number of nitrogens with two attached hydrogens (primary N) is 1. The lowest BCUT2D eigenvalue weighted by Gasteiger charge is -2.33. The highest BCUT2D eigenvalue weighted by atomic mass is 15.2. The van der Waals surface area contributed by atoms with Gasteiger partial charge in [0.25, 0.3) is 0 Å². The van der Waals surface area contributed by atoms with E-state index in [-0.39, 0.29) is 6.04 Å². The van der Waals surface area contributed by atoms with Gasteiger partial charge in [0.15, 0.2) is 0 Å². The summed E-state index contributed by atoms with van der Waals surface area (Å²) < 4.78 is 2.23. The van der Waals surface area contributed by atoms with Crippen molar-refractivity contribution in [2.45, 2.75) is 45.4 Å². The quantitative estimate of drug-likeness (QED) is 0.800. The van der Waals surface area contributed by atoms with E-state index in [2.05, 4.69) is 34.5 Å². The molecule has 4 heteroatoms. The Morgan fingerprint density at radius 2 is 2.27 bits per heavy atom. The van der Waals surface area contributed by atoms with E-state index in [1.54, 1.807) is 0 Å². The maximum absolute atomic E-state index is 5.83. The standard InChI is InChI=1S/C11H20N4/c1-9(12)7-10(2)15-6-5-14-4-3-13-11(14)8-15/h3-4,9-10H,5-8,12H2,1-2H3. The summed E-state index contributed by atoms with van der Waals surface area (Å²) in [6.07, 6.45) is 5.00. The molecule has 1 aromatic heterocycles. The molecule has 2 atom stereocenters. The molecule has 0 fully saturated rings. The lowest BCUT2D eigenvalue weighted by molar-refractivity contribution is 0.151. The van der Waals surface area contributed by atoms with E-state index in [1.165, 1.54) is 5.82 Å². The lowest BCUT2D eigenvalue weighted by Crippen LogP contribution is -2.41. The summed E-state index contributed by atoms with van der Waals surface area (Å²) in [5.41, 5.74) is 5.83. The maximum atomic E-state index is 5.83. The van der Waals surface area contributed by atoms with Crippen LogP contribution >= 0.6 is 0 Å². The molecule has 0 saturated carbocycles. The minimum Gasteiger partial charge on any atom is -0.333 e. The summed E-state index contributed by atoms with van der Waals surface area (Å²) in [4.78, 5) is 6.82. The predicted octanol–water partition coefficient (Wildman–Crippen LogP) is 0.824. The Hall–Kier alpha value is -0.870. The van der Waals surface area contributed by atoms with Gasteiger partial charge in [0.05, 0.1) is 6.54 Å². The Morgan fingerprint density at radius 1 is 1.47 bits per heavy atom. The number of aromatic nitrogens is 2. The van der Waals surface area contributed by atoms with Crippen LogP contribution < -0.4 is 5.73 Å². The van der Waals surface area contributed by atoms with Crippen molar-refractivity contribution in [1.82, 2.24) is 14.5 Å². The molecule has 2 unspecified atom stereocenters. The van der Waals surface area contributed by atoms with E-state index < -0.39 is 0 Å². The largest absolute Gasteiger partial charge is 0.333 e. The van der Waals surface area contributed by atoms with Crippen LogP contribution in [-0.4, -0.2) is 33.1 Å². The molecule has 1 aliphatic rings. The molecule has 1 aliphatic heterocycles. The summed E-state index contributed by atoms with van der Waals surface area (Å²) in [6, 6.07) is 0.831. The van der Waals surface area contributed by atoms with Gasteiger partial charge in [0.1, 0.15) is 5.82 Å². The lowest BCUT2D eigenvalue weighted by atomic mass is 10.1. The van der Waals surface area contributed by atoms with Gasteiger partial charge in [-0.15, -0.1) is 0 Å². The highest BCUT2D eigenvalue weighted by Gasteiger charge is 2.21. The average molecular weight is 208 g/mol. The number of fused-ring (bicyclic) bond motifs is 1. The number of nitrogens with zero attached hydrogens (tertiary/aromatic N) is 3. The molecule has 0 saturated heterocycles. The van der Waals surface area contributed by atoms with E-state index in [0.29, 0.717) is 6.04 Å². The van der Waals surface area contributed by atoms with E-state index in [1.807, 2.05) is 6.20 Å². The highest BCUT2D eigenvalue weighted by Crippen LogP contribution is 2.15. The van der Waals surface area contributed by atoms with Gasteiger partial charge in [-0.3, -0.25) is 4.90 Å². The first-order valence-electron chi connectivity index (χ1n) is 5.66. The molecule has 0 spiro atoms. The SMILES string of the molecule is CC(N)CC(C)N1CCn2ccnc2C1. The fourth-order valence-electron chi connectivity index (χ4n) is 2.26. The van der Waals surface area contributed by atoms with Gasteiger partial charge in [-0.25, -0.2) is 4.98 Å². The zero-order valence-corrected chi connectivity index (χ0v) is 9.56. The summed E-state index contributed by atoms with van der Waals surface area (Å²) in [5.74, 6) is 1.18. The Kier molecular flexibility index (Phi) is 3.07. The van der Waals surface area contributed by atoms with Crippen LogP contribution in [0.15, 0.2) is 12.4 Å². The number of hydrogen-bond donors (Lipinski definition) is 1. The highest BCUT2D eigenvalue weighted by molar-refractivity contribution is 4.96. The van der Waals surface area contributed by atoms with Crippen molar-refractivity contribution in [2.24, 2.45) is 5.73 Å². The molecule has 84 valence electrons. The van der Waals surface area contributed by atoms with E-state index >= 15 is 0 Å². The van der Waals surface area contributed by atoms with Crippen LogP contribution in [0.25, 0.3) is 0 Å². The normalized spacial score (nSPS) is 21.0. The second-order valence-corrected chi connectivity index (χ2v) is 4.57. The molecule has 1 aromatic rings. The topological polar surface area (TPSA) is 47.1 Å². The zero-order chi connectivity index (χ0) is 10.8. The molecule has 0 aromatic carbocycles. The van der Waals surface area contributed by atoms with Crippen LogP contribution in [0, 0.1) is 0 Å². The monoisotopic (exact) mass is 208 g/mol. The van der Waals surface area contributed by atoms with Crippen molar-refractivity contribution in [3.8, 4) is 0 Å². The first-order valence-corrected chi connectivity index (χ1v) is 5.66. The van der Waals surface area contributed by atoms with Crippen molar-refractivity contribution in [1.29, 1.82) is 0 Å². The van der Waals surface area contributed by atoms with Gasteiger partial charge in [0, 0.05) is 37.6 Å². The zero-order valence-electron chi connectivity index (χ0n) is 9.56. The molecule has 15 heavy (non-hydrogen) atoms. The summed E-state index contributed by atoms with van der Waals surface area (Å²) in [7, 11) is 0. The Morgan fingerprint density at radius 3 is 3.00 bits per heavy atom. The van der Waals surface area contributed by atoms with Crippen LogP contribution in [0.2, 0.25) is 0 Å². The first kappa shape index (κ1) is 10.6. The minimum absolute atomic E-state index is 0.279. The Balaban J connectivity index is 1.97. The van der Waals surface area contributed by atoms with E-state index in [0.717, 1.165) is 26.1 Å². The molecule has 0 aliphatic carbocycles. The van der Waals surface area contributed by atoms with Gasteiger partial charge >= 0.3 is 0 Å². The number of imidazole rings is 1. The molecule has 0 amide bonds. The first-order chi connectivity index (χ1) is 7.16. The second-order valence-electron chi connectivity index (χ2n) is 4.57. The number of rotatable bonds is 3. The van der Waals surface area contributed by atoms with Crippen LogP contribution in [0.4, 0.5) is 0 Å². The molecular weight excluding hydrogens is 188 g/mol. The maximum Gasteiger partial charge on any atom is 0.122 e. The van der Waals surface area contributed by atoms with Crippen molar-refractivity contribution in [3.63, 3.8) is 0 Å². The fraction of sp³-hybridized carbons (Fsp3) is 0.727. The number of hydrogen-bond acceptors (Lipinski definition) is 3. The molecule has 2 heterocycles. The van der Waals surface area contributed by atoms with E-state index in [4.69, 9.17) is 5.73 Å². The van der Waals surface area contributed by atoms with Crippen LogP contribution in [-0.2, 0) is 13.1 Å². The van der Waals surface area contributed by atoms with Crippen LogP contribution in [0.3, 0.4) is 0 Å². The van der Waals surface area contributed by atoms with Crippen LogP contribution in [0.5, 0.6) is 0 Å². The molecule has 0 radical (unpaired) electrons. The second kappa shape index (κ2) is 4.33. The Bertz CT molecular complexity index is 318. The van der Waals surface area contributed by atoms with Gasteiger partial charge in [0.2, 0.25) is 0 Å². The smallest absolute Gasteiger partial charge is 0.122 e. The molecular formula is C11H20N4. The third kappa shape index (κ3) is 2.38.